The van der Waals surface area contributed by atoms with Crippen LogP contribution in [0.25, 0.3) is 0 Å². The summed E-state index contributed by atoms with van der Waals surface area (Å²) in [7, 11) is 0. The molecule has 6 heteroatoms. The Bertz CT molecular complexity index is 645. The van der Waals surface area contributed by atoms with Crippen molar-refractivity contribution in [1.82, 2.24) is 0 Å². The summed E-state index contributed by atoms with van der Waals surface area (Å²) in [5.41, 5.74) is 5.69. The second-order valence-electron chi connectivity index (χ2n) is 4.74. The lowest BCUT2D eigenvalue weighted by molar-refractivity contribution is -0.120. The number of nitrogens with one attached hydrogen (secondary N) is 1. The lowest BCUT2D eigenvalue weighted by Crippen LogP contribution is -2.20. The molecule has 0 fully saturated rings. The minimum atomic E-state index is -0.529. The molecule has 0 radical (unpaired) electrons. The molecule has 120 valence electrons. The molecule has 2 aromatic carbocycles. The SMILES string of the molecule is NC(=O)COc1ccc(NC(=O)CCSc2ccccc2)cc1. The van der Waals surface area contributed by atoms with Crippen LogP contribution in [0.1, 0.15) is 6.42 Å². The third-order valence-corrected chi connectivity index (χ3v) is 3.87. The maximum atomic E-state index is 11.9. The summed E-state index contributed by atoms with van der Waals surface area (Å²) in [5, 5.41) is 2.82. The number of anilines is 1. The van der Waals surface area contributed by atoms with Crippen molar-refractivity contribution >= 4 is 29.3 Å². The van der Waals surface area contributed by atoms with Gasteiger partial charge in [-0.3, -0.25) is 9.59 Å². The molecule has 0 saturated heterocycles. The van der Waals surface area contributed by atoms with Gasteiger partial charge >= 0.3 is 0 Å². The number of amides is 2. The first-order valence-corrected chi connectivity index (χ1v) is 8.11. The predicted molar refractivity (Wildman–Crippen MR) is 91.5 cm³/mol. The molecule has 0 aromatic heterocycles. The Hall–Kier alpha value is -2.47. The number of hydrogen-bond donors (Lipinski definition) is 2. The summed E-state index contributed by atoms with van der Waals surface area (Å²) in [6.07, 6.45) is 0.430. The standard InChI is InChI=1S/C17H18N2O3S/c18-16(20)12-22-14-8-6-13(7-9-14)19-17(21)10-11-23-15-4-2-1-3-5-15/h1-9H,10-12H2,(H2,18,20)(H,19,21). The summed E-state index contributed by atoms with van der Waals surface area (Å²) < 4.78 is 5.15. The number of primary amides is 1. The summed E-state index contributed by atoms with van der Waals surface area (Å²) >= 11 is 1.65. The molecular formula is C17H18N2O3S. The summed E-state index contributed by atoms with van der Waals surface area (Å²) in [6.45, 7) is -0.164. The second kappa shape index (κ2) is 8.85. The van der Waals surface area contributed by atoms with E-state index >= 15 is 0 Å². The Morgan fingerprint density at radius 1 is 1.04 bits per heavy atom. The third kappa shape index (κ3) is 6.44. The van der Waals surface area contributed by atoms with Crippen LogP contribution in [-0.2, 0) is 9.59 Å². The molecule has 0 spiro atoms. The number of carbonyl (C=O) groups is 2. The fraction of sp³-hybridized carbons (Fsp3) is 0.176. The minimum absolute atomic E-state index is 0.0424. The molecule has 2 amide bonds. The molecule has 0 atom stereocenters. The van der Waals surface area contributed by atoms with Gasteiger partial charge in [0.05, 0.1) is 0 Å². The first-order chi connectivity index (χ1) is 11.1. The molecule has 5 nitrogen and oxygen atoms in total. The number of hydrogen-bond acceptors (Lipinski definition) is 4. The lowest BCUT2D eigenvalue weighted by Gasteiger charge is -2.07. The topological polar surface area (TPSA) is 81.4 Å². The molecular weight excluding hydrogens is 312 g/mol. The molecule has 0 aliphatic rings. The zero-order valence-electron chi connectivity index (χ0n) is 12.5. The third-order valence-electron chi connectivity index (χ3n) is 2.86. The van der Waals surface area contributed by atoms with E-state index in [9.17, 15) is 9.59 Å². The van der Waals surface area contributed by atoms with Crippen molar-refractivity contribution in [3.05, 3.63) is 54.6 Å². The van der Waals surface area contributed by atoms with E-state index in [-0.39, 0.29) is 12.5 Å². The molecule has 0 unspecified atom stereocenters. The van der Waals surface area contributed by atoms with Gasteiger partial charge in [-0.25, -0.2) is 0 Å². The van der Waals surface area contributed by atoms with Crippen molar-refractivity contribution in [3.8, 4) is 5.75 Å². The van der Waals surface area contributed by atoms with Crippen molar-refractivity contribution in [2.45, 2.75) is 11.3 Å². The van der Waals surface area contributed by atoms with Crippen molar-refractivity contribution in [1.29, 1.82) is 0 Å². The number of rotatable bonds is 8. The summed E-state index contributed by atoms with van der Waals surface area (Å²) in [6, 6.07) is 16.8. The minimum Gasteiger partial charge on any atom is -0.484 e. The maximum Gasteiger partial charge on any atom is 0.255 e. The van der Waals surface area contributed by atoms with Crippen molar-refractivity contribution < 1.29 is 14.3 Å². The number of thioether (sulfide) groups is 1. The fourth-order valence-electron chi connectivity index (χ4n) is 1.79. The summed E-state index contributed by atoms with van der Waals surface area (Å²) in [5.74, 6) is 0.675. The van der Waals surface area contributed by atoms with E-state index in [0.717, 1.165) is 10.6 Å². The number of ether oxygens (including phenoxy) is 1. The van der Waals surface area contributed by atoms with Crippen LogP contribution in [0.2, 0.25) is 0 Å². The molecule has 0 saturated carbocycles. The average molecular weight is 330 g/mol. The Morgan fingerprint density at radius 3 is 2.39 bits per heavy atom. The van der Waals surface area contributed by atoms with E-state index in [1.807, 2.05) is 30.3 Å². The molecule has 0 heterocycles. The van der Waals surface area contributed by atoms with Gasteiger partial charge in [-0.15, -0.1) is 11.8 Å². The summed E-state index contributed by atoms with van der Waals surface area (Å²) in [4.78, 5) is 23.7. The van der Waals surface area contributed by atoms with E-state index in [1.165, 1.54) is 0 Å². The molecule has 3 N–H and O–H groups in total. The molecule has 2 rings (SSSR count). The molecule has 0 aliphatic heterocycles. The Morgan fingerprint density at radius 2 is 1.74 bits per heavy atom. The highest BCUT2D eigenvalue weighted by Gasteiger charge is 2.04. The van der Waals surface area contributed by atoms with E-state index in [1.54, 1.807) is 36.0 Å². The zero-order valence-corrected chi connectivity index (χ0v) is 13.3. The highest BCUT2D eigenvalue weighted by atomic mass is 32.2. The first-order valence-electron chi connectivity index (χ1n) is 7.12. The van der Waals surface area contributed by atoms with Crippen molar-refractivity contribution in [3.63, 3.8) is 0 Å². The fourth-order valence-corrected chi connectivity index (χ4v) is 2.66. The van der Waals surface area contributed by atoms with Gasteiger partial charge in [-0.1, -0.05) is 18.2 Å². The van der Waals surface area contributed by atoms with Gasteiger partial charge in [-0.2, -0.15) is 0 Å². The first kappa shape index (κ1) is 16.9. The van der Waals surface area contributed by atoms with Gasteiger partial charge in [0.2, 0.25) is 5.91 Å². The van der Waals surface area contributed by atoms with Gasteiger partial charge < -0.3 is 15.8 Å². The lowest BCUT2D eigenvalue weighted by atomic mass is 10.3. The van der Waals surface area contributed by atoms with E-state index in [4.69, 9.17) is 10.5 Å². The average Bonchev–Trinajstić information content (AvgIpc) is 2.55. The van der Waals surface area contributed by atoms with Gasteiger partial charge in [0, 0.05) is 22.8 Å². The maximum absolute atomic E-state index is 11.9. The molecule has 0 bridgehead atoms. The Kier molecular flexibility index (Phi) is 6.50. The number of benzene rings is 2. The Balaban J connectivity index is 1.73. The van der Waals surface area contributed by atoms with Crippen molar-refractivity contribution in [2.75, 3.05) is 17.7 Å². The van der Waals surface area contributed by atoms with E-state index in [0.29, 0.717) is 17.9 Å². The highest BCUT2D eigenvalue weighted by molar-refractivity contribution is 7.99. The largest absolute Gasteiger partial charge is 0.484 e. The molecule has 23 heavy (non-hydrogen) atoms. The molecule has 0 aliphatic carbocycles. The van der Waals surface area contributed by atoms with Gasteiger partial charge in [0.1, 0.15) is 5.75 Å². The van der Waals surface area contributed by atoms with Crippen LogP contribution in [0.3, 0.4) is 0 Å². The molecule has 2 aromatic rings. The van der Waals surface area contributed by atoms with Crippen LogP contribution in [-0.4, -0.2) is 24.2 Å². The number of carbonyl (C=O) groups excluding carboxylic acids is 2. The van der Waals surface area contributed by atoms with Crippen LogP contribution in [0.15, 0.2) is 59.5 Å². The predicted octanol–water partition coefficient (Wildman–Crippen LogP) is 2.67. The normalized spacial score (nSPS) is 10.1. The highest BCUT2D eigenvalue weighted by Crippen LogP contribution is 2.19. The van der Waals surface area contributed by atoms with E-state index in [2.05, 4.69) is 5.32 Å². The van der Waals surface area contributed by atoms with Gasteiger partial charge in [0.15, 0.2) is 6.61 Å². The zero-order chi connectivity index (χ0) is 16.5. The monoisotopic (exact) mass is 330 g/mol. The van der Waals surface area contributed by atoms with Crippen LogP contribution in [0, 0.1) is 0 Å². The van der Waals surface area contributed by atoms with Gasteiger partial charge in [-0.05, 0) is 36.4 Å². The van der Waals surface area contributed by atoms with Crippen LogP contribution < -0.4 is 15.8 Å². The van der Waals surface area contributed by atoms with E-state index < -0.39 is 5.91 Å². The van der Waals surface area contributed by atoms with Crippen molar-refractivity contribution in [2.24, 2.45) is 5.73 Å². The smallest absolute Gasteiger partial charge is 0.255 e. The Labute approximate surface area is 139 Å². The van der Waals surface area contributed by atoms with Crippen LogP contribution in [0.5, 0.6) is 5.75 Å². The van der Waals surface area contributed by atoms with Crippen LogP contribution in [0.4, 0.5) is 5.69 Å². The van der Waals surface area contributed by atoms with Crippen LogP contribution >= 0.6 is 11.8 Å². The number of nitrogens with two attached hydrogens (primary N) is 1. The quantitative estimate of drug-likeness (QED) is 0.729. The second-order valence-corrected chi connectivity index (χ2v) is 5.91. The van der Waals surface area contributed by atoms with Gasteiger partial charge in [0.25, 0.3) is 5.91 Å².